The SMILES string of the molecule is O=C(O)CC[C@@H]1CCCN(C(=O)[C@@H]2C[C@H]2c2ccccc2C(F)(F)F)C1. The maximum atomic E-state index is 13.2. The van der Waals surface area contributed by atoms with Crippen molar-refractivity contribution in [1.29, 1.82) is 0 Å². The van der Waals surface area contributed by atoms with E-state index in [9.17, 15) is 22.8 Å². The van der Waals surface area contributed by atoms with E-state index >= 15 is 0 Å². The molecule has 0 unspecified atom stereocenters. The first-order chi connectivity index (χ1) is 12.3. The maximum absolute atomic E-state index is 13.2. The lowest BCUT2D eigenvalue weighted by Gasteiger charge is -2.33. The lowest BCUT2D eigenvalue weighted by molar-refractivity contribution is -0.139. The summed E-state index contributed by atoms with van der Waals surface area (Å²) in [6, 6.07) is 5.47. The van der Waals surface area contributed by atoms with Gasteiger partial charge in [-0.25, -0.2) is 0 Å². The van der Waals surface area contributed by atoms with Gasteiger partial charge in [-0.05, 0) is 49.1 Å². The summed E-state index contributed by atoms with van der Waals surface area (Å²) in [4.78, 5) is 25.2. The van der Waals surface area contributed by atoms with Gasteiger partial charge in [-0.3, -0.25) is 9.59 Å². The lowest BCUT2D eigenvalue weighted by Crippen LogP contribution is -2.41. The third kappa shape index (κ3) is 4.19. The van der Waals surface area contributed by atoms with Crippen molar-refractivity contribution in [3.8, 4) is 0 Å². The van der Waals surface area contributed by atoms with Gasteiger partial charge in [0.25, 0.3) is 0 Å². The number of carbonyl (C=O) groups is 2. The molecule has 3 rings (SSSR count). The smallest absolute Gasteiger partial charge is 0.416 e. The van der Waals surface area contributed by atoms with Gasteiger partial charge in [0.1, 0.15) is 0 Å². The Labute approximate surface area is 150 Å². The number of piperidine rings is 1. The number of carboxylic acid groups (broad SMARTS) is 1. The van der Waals surface area contributed by atoms with Crippen molar-refractivity contribution in [3.05, 3.63) is 35.4 Å². The van der Waals surface area contributed by atoms with Crippen LogP contribution in [0.25, 0.3) is 0 Å². The average molecular weight is 369 g/mol. The summed E-state index contributed by atoms with van der Waals surface area (Å²) in [5, 5.41) is 8.80. The largest absolute Gasteiger partial charge is 0.481 e. The van der Waals surface area contributed by atoms with E-state index in [1.165, 1.54) is 12.1 Å². The van der Waals surface area contributed by atoms with Crippen molar-refractivity contribution < 1.29 is 27.9 Å². The molecule has 3 atom stereocenters. The van der Waals surface area contributed by atoms with Crippen LogP contribution in [0.3, 0.4) is 0 Å². The van der Waals surface area contributed by atoms with E-state index < -0.39 is 23.6 Å². The topological polar surface area (TPSA) is 57.6 Å². The summed E-state index contributed by atoms with van der Waals surface area (Å²) in [7, 11) is 0. The highest BCUT2D eigenvalue weighted by atomic mass is 19.4. The minimum absolute atomic E-state index is 0.0811. The summed E-state index contributed by atoms with van der Waals surface area (Å²) in [6.07, 6.45) is -1.65. The molecule has 4 nitrogen and oxygen atoms in total. The highest BCUT2D eigenvalue weighted by molar-refractivity contribution is 5.83. The number of likely N-dealkylation sites (tertiary alicyclic amines) is 1. The molecule has 26 heavy (non-hydrogen) atoms. The lowest BCUT2D eigenvalue weighted by atomic mass is 9.93. The van der Waals surface area contributed by atoms with Gasteiger partial charge in [-0.2, -0.15) is 13.2 Å². The Kier molecular flexibility index (Phi) is 5.25. The number of benzene rings is 1. The van der Waals surface area contributed by atoms with Crippen LogP contribution >= 0.6 is 0 Å². The molecule has 1 aliphatic carbocycles. The van der Waals surface area contributed by atoms with Gasteiger partial charge >= 0.3 is 12.1 Å². The summed E-state index contributed by atoms with van der Waals surface area (Å²) >= 11 is 0. The van der Waals surface area contributed by atoms with Crippen LogP contribution in [0.15, 0.2) is 24.3 Å². The monoisotopic (exact) mass is 369 g/mol. The number of aliphatic carboxylic acids is 1. The Balaban J connectivity index is 1.63. The molecule has 0 aromatic heterocycles. The van der Waals surface area contributed by atoms with Gasteiger partial charge in [0.15, 0.2) is 0 Å². The minimum atomic E-state index is -4.42. The van der Waals surface area contributed by atoms with Gasteiger partial charge in [0.2, 0.25) is 5.91 Å². The molecular formula is C19H22F3NO3. The first kappa shape index (κ1) is 18.7. The van der Waals surface area contributed by atoms with Crippen LogP contribution in [0, 0.1) is 11.8 Å². The molecule has 142 valence electrons. The molecule has 1 aromatic carbocycles. The van der Waals surface area contributed by atoms with E-state index in [4.69, 9.17) is 5.11 Å². The van der Waals surface area contributed by atoms with Crippen LogP contribution in [0.1, 0.15) is 49.1 Å². The summed E-state index contributed by atoms with van der Waals surface area (Å²) in [5.41, 5.74) is -0.448. The predicted molar refractivity (Wildman–Crippen MR) is 88.5 cm³/mol. The third-order valence-electron chi connectivity index (χ3n) is 5.37. The third-order valence-corrected chi connectivity index (χ3v) is 5.37. The second-order valence-corrected chi connectivity index (χ2v) is 7.26. The fourth-order valence-corrected chi connectivity index (χ4v) is 3.95. The molecule has 1 aromatic rings. The van der Waals surface area contributed by atoms with Crippen LogP contribution in [-0.2, 0) is 15.8 Å². The standard InChI is InChI=1S/C19H22F3NO3/c20-19(21,22)16-6-2-1-5-13(16)14-10-15(14)18(26)23-9-3-4-12(11-23)7-8-17(24)25/h1-2,5-6,12,14-15H,3-4,7-11H2,(H,24,25)/t12-,14-,15+/m0/s1. The van der Waals surface area contributed by atoms with E-state index in [1.54, 1.807) is 11.0 Å². The Morgan fingerprint density at radius 1 is 1.23 bits per heavy atom. The molecule has 1 N–H and O–H groups in total. The summed E-state index contributed by atoms with van der Waals surface area (Å²) < 4.78 is 39.5. The van der Waals surface area contributed by atoms with E-state index in [0.29, 0.717) is 25.9 Å². The zero-order valence-electron chi connectivity index (χ0n) is 14.3. The second kappa shape index (κ2) is 7.29. The van der Waals surface area contributed by atoms with Crippen LogP contribution in [-0.4, -0.2) is 35.0 Å². The molecule has 1 heterocycles. The maximum Gasteiger partial charge on any atom is 0.416 e. The zero-order chi connectivity index (χ0) is 18.9. The first-order valence-corrected chi connectivity index (χ1v) is 8.94. The molecule has 7 heteroatoms. The second-order valence-electron chi connectivity index (χ2n) is 7.26. The van der Waals surface area contributed by atoms with Crippen molar-refractivity contribution in [2.24, 2.45) is 11.8 Å². The Hall–Kier alpha value is -2.05. The number of hydrogen-bond acceptors (Lipinski definition) is 2. The molecule has 1 amide bonds. The number of hydrogen-bond donors (Lipinski definition) is 1. The number of nitrogens with zero attached hydrogens (tertiary/aromatic N) is 1. The summed E-state index contributed by atoms with van der Waals surface area (Å²) in [5.74, 6) is -1.55. The van der Waals surface area contributed by atoms with Crippen molar-refractivity contribution in [3.63, 3.8) is 0 Å². The first-order valence-electron chi connectivity index (χ1n) is 8.94. The molecule has 0 radical (unpaired) electrons. The number of halogens is 3. The molecule has 2 aliphatic rings. The van der Waals surface area contributed by atoms with Crippen molar-refractivity contribution in [2.45, 2.75) is 44.2 Å². The quantitative estimate of drug-likeness (QED) is 0.856. The molecule has 1 saturated carbocycles. The van der Waals surface area contributed by atoms with Gasteiger partial charge < -0.3 is 10.0 Å². The molecular weight excluding hydrogens is 347 g/mol. The highest BCUT2D eigenvalue weighted by Crippen LogP contribution is 2.52. The number of carboxylic acids is 1. The highest BCUT2D eigenvalue weighted by Gasteiger charge is 2.49. The Morgan fingerprint density at radius 2 is 1.96 bits per heavy atom. The van der Waals surface area contributed by atoms with Crippen molar-refractivity contribution in [1.82, 2.24) is 4.90 Å². The molecule has 0 spiro atoms. The fraction of sp³-hybridized carbons (Fsp3) is 0.579. The van der Waals surface area contributed by atoms with Crippen LogP contribution in [0.5, 0.6) is 0 Å². The van der Waals surface area contributed by atoms with Crippen molar-refractivity contribution >= 4 is 11.9 Å². The molecule has 0 bridgehead atoms. The fourth-order valence-electron chi connectivity index (χ4n) is 3.95. The number of rotatable bonds is 5. The van der Waals surface area contributed by atoms with Crippen LogP contribution in [0.2, 0.25) is 0 Å². The van der Waals surface area contributed by atoms with Gasteiger partial charge in [0, 0.05) is 25.4 Å². The van der Waals surface area contributed by atoms with E-state index in [2.05, 4.69) is 0 Å². The zero-order valence-corrected chi connectivity index (χ0v) is 14.3. The van der Waals surface area contributed by atoms with Crippen molar-refractivity contribution in [2.75, 3.05) is 13.1 Å². The molecule has 1 aliphatic heterocycles. The van der Waals surface area contributed by atoms with Crippen LogP contribution < -0.4 is 0 Å². The van der Waals surface area contributed by atoms with E-state index in [0.717, 1.165) is 18.9 Å². The van der Waals surface area contributed by atoms with Gasteiger partial charge in [-0.15, -0.1) is 0 Å². The Bertz CT molecular complexity index is 689. The van der Waals surface area contributed by atoms with Crippen LogP contribution in [0.4, 0.5) is 13.2 Å². The number of carbonyl (C=O) groups excluding carboxylic acids is 1. The minimum Gasteiger partial charge on any atom is -0.481 e. The molecule has 2 fully saturated rings. The molecule has 1 saturated heterocycles. The normalized spacial score (nSPS) is 25.8. The van der Waals surface area contributed by atoms with E-state index in [-0.39, 0.29) is 29.7 Å². The Morgan fingerprint density at radius 3 is 2.65 bits per heavy atom. The van der Waals surface area contributed by atoms with Gasteiger partial charge in [0.05, 0.1) is 5.56 Å². The van der Waals surface area contributed by atoms with Gasteiger partial charge in [-0.1, -0.05) is 18.2 Å². The number of amides is 1. The number of alkyl halides is 3. The predicted octanol–water partition coefficient (Wildman–Crippen LogP) is 3.91. The average Bonchev–Trinajstić information content (AvgIpc) is 3.39. The summed E-state index contributed by atoms with van der Waals surface area (Å²) in [6.45, 7) is 1.11. The van der Waals surface area contributed by atoms with E-state index in [1.807, 2.05) is 0 Å².